The maximum Gasteiger partial charge on any atom is 0.408 e. The van der Waals surface area contributed by atoms with Crippen LogP contribution in [-0.2, 0) is 24.4 Å². The molecule has 7 atom stereocenters. The van der Waals surface area contributed by atoms with E-state index in [1.165, 1.54) is 18.2 Å². The second-order valence-corrected chi connectivity index (χ2v) is 19.9. The van der Waals surface area contributed by atoms with Crippen molar-refractivity contribution in [3.63, 3.8) is 0 Å². The lowest BCUT2D eigenvalue weighted by Crippen LogP contribution is -2.62. The molecule has 3 fully saturated rings. The fourth-order valence-electron chi connectivity index (χ4n) is 8.59. The van der Waals surface area contributed by atoms with Crippen molar-refractivity contribution in [3.05, 3.63) is 36.5 Å². The summed E-state index contributed by atoms with van der Waals surface area (Å²) < 4.78 is 52.9. The minimum Gasteiger partial charge on any atom is -0.494 e. The highest BCUT2D eigenvalue weighted by Crippen LogP contribution is 2.48. The standard InChI is InChI=1S/C41H57FN6O9S/c1-24-11-9-10-12-26-20-41(26,37(51)45-58(54,55)40(23-42)15-16-40)44-34(49)31-19-28(22-47(31)36(50)33(25(2)17-24)48(38(52)53)39(3,4)5)57-35-29-14-13-27(46(6)7)18-30(29)32(56-8)21-43-35/h10,12-14,18,21,24-26,28,31,33H,9,11,15-17,19-20,22-23H2,1-8H3,(H,44,49)(H,45,51)(H,52,53)/b12-10-/t24-,25+,26+,28+,31-,33-,41+/m0/s1. The molecule has 0 spiro atoms. The second-order valence-electron chi connectivity index (χ2n) is 17.9. The number of methoxy groups -OCH3 is 1. The molecule has 15 nitrogen and oxygen atoms in total. The molecular weight excluding hydrogens is 772 g/mol. The van der Waals surface area contributed by atoms with Crippen molar-refractivity contribution in [2.75, 3.05) is 39.3 Å². The molecule has 17 heteroatoms. The number of carbonyl (C=O) groups excluding carboxylic acids is 3. The molecule has 2 aromatic rings. The molecule has 0 radical (unpaired) electrons. The first-order chi connectivity index (χ1) is 27.2. The lowest BCUT2D eigenvalue weighted by Gasteiger charge is -2.43. The number of hydrogen-bond acceptors (Lipinski definition) is 10. The maximum absolute atomic E-state index is 15.1. The van der Waals surface area contributed by atoms with E-state index in [9.17, 15) is 32.3 Å². The first-order valence-corrected chi connectivity index (χ1v) is 21.4. The minimum absolute atomic E-state index is 0.0515. The number of carbonyl (C=O) groups is 4. The first kappa shape index (κ1) is 42.9. The fraction of sp³-hybridized carbons (Fsp3) is 0.634. The number of halogens is 1. The summed E-state index contributed by atoms with van der Waals surface area (Å²) in [6.07, 6.45) is 5.10. The van der Waals surface area contributed by atoms with Gasteiger partial charge in [0.2, 0.25) is 27.7 Å². The van der Waals surface area contributed by atoms with Crippen molar-refractivity contribution in [3.8, 4) is 11.6 Å². The summed E-state index contributed by atoms with van der Waals surface area (Å²) in [5.74, 6) is -2.51. The van der Waals surface area contributed by atoms with Crippen molar-refractivity contribution < 1.29 is 46.6 Å². The van der Waals surface area contributed by atoms with Crippen molar-refractivity contribution in [1.82, 2.24) is 24.8 Å². The van der Waals surface area contributed by atoms with Crippen LogP contribution in [0.25, 0.3) is 10.8 Å². The Labute approximate surface area is 339 Å². The van der Waals surface area contributed by atoms with Gasteiger partial charge in [0.1, 0.15) is 40.9 Å². The maximum atomic E-state index is 15.1. The van der Waals surface area contributed by atoms with E-state index in [4.69, 9.17) is 9.47 Å². The number of nitrogens with one attached hydrogen (secondary N) is 2. The molecule has 1 aromatic carbocycles. The Bertz CT molecular complexity index is 2090. The number of rotatable bonds is 9. The lowest BCUT2D eigenvalue weighted by atomic mass is 9.85. The highest BCUT2D eigenvalue weighted by atomic mass is 32.2. The number of carboxylic acid groups (broad SMARTS) is 1. The van der Waals surface area contributed by atoms with Gasteiger partial charge in [-0.2, -0.15) is 0 Å². The van der Waals surface area contributed by atoms with Crippen molar-refractivity contribution in [1.29, 1.82) is 0 Å². The van der Waals surface area contributed by atoms with E-state index in [-0.39, 0.29) is 44.0 Å². The van der Waals surface area contributed by atoms with Crippen LogP contribution in [0.5, 0.6) is 11.6 Å². The SMILES string of the molecule is COc1cnc(O[C@@H]2C[C@H]3C(=O)N[C@]4(C(=O)NS(=O)(=O)C5(CF)CC5)C[C@H]4/C=C\CC[C@H](C)C[C@@H](C)[C@H](N(C(=O)O)C(C)(C)C)C(=O)N3C2)c2ccc(N(C)C)cc12. The third-order valence-corrected chi connectivity index (χ3v) is 14.4. The fourth-order valence-corrected chi connectivity index (χ4v) is 10.0. The zero-order valence-corrected chi connectivity index (χ0v) is 35.4. The molecule has 4 aliphatic rings. The molecule has 2 aliphatic carbocycles. The molecule has 0 bridgehead atoms. The topological polar surface area (TPSA) is 188 Å². The normalized spacial score (nSPS) is 29.2. The molecule has 2 aliphatic heterocycles. The van der Waals surface area contributed by atoms with Gasteiger partial charge in [0.05, 0.1) is 19.9 Å². The smallest absolute Gasteiger partial charge is 0.408 e. The zero-order valence-electron chi connectivity index (χ0n) is 34.6. The van der Waals surface area contributed by atoms with Crippen LogP contribution in [0.1, 0.15) is 79.6 Å². The monoisotopic (exact) mass is 828 g/mol. The summed E-state index contributed by atoms with van der Waals surface area (Å²) in [4.78, 5) is 65.7. The highest BCUT2D eigenvalue weighted by molar-refractivity contribution is 7.91. The molecule has 1 saturated heterocycles. The van der Waals surface area contributed by atoms with Gasteiger partial charge in [-0.1, -0.05) is 26.0 Å². The molecule has 6 rings (SSSR count). The number of fused-ring (bicyclic) bond motifs is 3. The Morgan fingerprint density at radius 1 is 1.14 bits per heavy atom. The summed E-state index contributed by atoms with van der Waals surface area (Å²) >= 11 is 0. The molecule has 3 heterocycles. The van der Waals surface area contributed by atoms with Crippen LogP contribution in [0.15, 0.2) is 36.5 Å². The van der Waals surface area contributed by atoms with Crippen molar-refractivity contribution in [2.24, 2.45) is 17.8 Å². The van der Waals surface area contributed by atoms with Crippen LogP contribution in [0.2, 0.25) is 0 Å². The number of ether oxygens (including phenoxy) is 2. The van der Waals surface area contributed by atoms with E-state index in [1.54, 1.807) is 26.8 Å². The quantitative estimate of drug-likeness (QED) is 0.299. The Hall–Kier alpha value is -4.67. The summed E-state index contributed by atoms with van der Waals surface area (Å²) in [5, 5.41) is 14.8. The first-order valence-electron chi connectivity index (χ1n) is 19.9. The number of pyridine rings is 1. The molecule has 2 saturated carbocycles. The average molecular weight is 829 g/mol. The number of alkyl halides is 1. The predicted octanol–water partition coefficient (Wildman–Crippen LogP) is 4.64. The van der Waals surface area contributed by atoms with Crippen LogP contribution < -0.4 is 24.4 Å². The van der Waals surface area contributed by atoms with Gasteiger partial charge >= 0.3 is 6.09 Å². The second kappa shape index (κ2) is 15.8. The third-order valence-electron chi connectivity index (χ3n) is 12.2. The largest absolute Gasteiger partial charge is 0.494 e. The summed E-state index contributed by atoms with van der Waals surface area (Å²) in [7, 11) is 0.950. The Kier molecular flexibility index (Phi) is 11.7. The minimum atomic E-state index is -4.41. The van der Waals surface area contributed by atoms with Gasteiger partial charge in [0, 0.05) is 48.4 Å². The number of benzene rings is 1. The van der Waals surface area contributed by atoms with Gasteiger partial charge in [0.15, 0.2) is 0 Å². The molecule has 3 N–H and O–H groups in total. The number of allylic oxidation sites excluding steroid dienone is 1. The molecule has 58 heavy (non-hydrogen) atoms. The van der Waals surface area contributed by atoms with Crippen LogP contribution in [0.3, 0.4) is 0 Å². The Morgan fingerprint density at radius 3 is 2.45 bits per heavy atom. The zero-order chi connectivity index (χ0) is 42.5. The van der Waals surface area contributed by atoms with Gasteiger partial charge in [-0.3, -0.25) is 24.0 Å². The van der Waals surface area contributed by atoms with Gasteiger partial charge in [-0.05, 0) is 89.3 Å². The summed E-state index contributed by atoms with van der Waals surface area (Å²) in [6, 6.07) is 3.24. The highest BCUT2D eigenvalue weighted by Gasteiger charge is 2.64. The van der Waals surface area contributed by atoms with Crippen LogP contribution in [0.4, 0.5) is 14.9 Å². The van der Waals surface area contributed by atoms with Gasteiger partial charge in [-0.25, -0.2) is 22.6 Å². The van der Waals surface area contributed by atoms with Crippen LogP contribution >= 0.6 is 0 Å². The van der Waals surface area contributed by atoms with Crippen LogP contribution in [0, 0.1) is 17.8 Å². The van der Waals surface area contributed by atoms with Crippen LogP contribution in [-0.4, -0.2) is 121 Å². The van der Waals surface area contributed by atoms with Gasteiger partial charge in [0.25, 0.3) is 5.91 Å². The van der Waals surface area contributed by atoms with E-state index in [0.29, 0.717) is 30.4 Å². The Morgan fingerprint density at radius 2 is 1.84 bits per heavy atom. The Balaban J connectivity index is 1.40. The van der Waals surface area contributed by atoms with E-state index < -0.39 is 86.4 Å². The average Bonchev–Trinajstić information content (AvgIpc) is 4.05. The van der Waals surface area contributed by atoms with E-state index in [2.05, 4.69) is 15.0 Å². The number of sulfonamides is 1. The number of nitrogens with zero attached hydrogens (tertiary/aromatic N) is 4. The number of amides is 4. The lowest BCUT2D eigenvalue weighted by molar-refractivity contribution is -0.146. The van der Waals surface area contributed by atoms with E-state index in [1.807, 2.05) is 57.1 Å². The predicted molar refractivity (Wildman–Crippen MR) is 216 cm³/mol. The summed E-state index contributed by atoms with van der Waals surface area (Å²) in [6.45, 7) is 7.76. The molecular formula is C41H57FN6O9S. The molecule has 0 unspecified atom stereocenters. The molecule has 4 amide bonds. The summed E-state index contributed by atoms with van der Waals surface area (Å²) in [5.41, 5.74) is -1.78. The number of hydrogen-bond donors (Lipinski definition) is 3. The third kappa shape index (κ3) is 8.15. The number of aromatic nitrogens is 1. The van der Waals surface area contributed by atoms with E-state index >= 15 is 4.79 Å². The van der Waals surface area contributed by atoms with E-state index in [0.717, 1.165) is 16.0 Å². The molecule has 318 valence electrons. The van der Waals surface area contributed by atoms with Crippen molar-refractivity contribution in [2.45, 2.75) is 114 Å². The molecule has 1 aromatic heterocycles. The number of anilines is 1. The van der Waals surface area contributed by atoms with Gasteiger partial charge < -0.3 is 29.7 Å². The van der Waals surface area contributed by atoms with Crippen molar-refractivity contribution >= 4 is 50.3 Å². The van der Waals surface area contributed by atoms with Gasteiger partial charge in [-0.15, -0.1) is 0 Å².